The second-order valence-corrected chi connectivity index (χ2v) is 9.10. The van der Waals surface area contributed by atoms with Gasteiger partial charge in [-0.1, -0.05) is 38.9 Å². The van der Waals surface area contributed by atoms with Crippen molar-refractivity contribution < 1.29 is 14.3 Å². The number of ether oxygens (including phenoxy) is 2. The number of cyclic esters (lactones) is 1. The Balaban J connectivity index is 2.15. The minimum Gasteiger partial charge on any atom is -0.496 e. The van der Waals surface area contributed by atoms with Gasteiger partial charge in [-0.2, -0.15) is 0 Å². The van der Waals surface area contributed by atoms with Gasteiger partial charge in [0.15, 0.2) is 0 Å². The lowest BCUT2D eigenvalue weighted by atomic mass is 9.82. The Labute approximate surface area is 175 Å². The van der Waals surface area contributed by atoms with E-state index in [1.165, 1.54) is 5.56 Å². The van der Waals surface area contributed by atoms with Gasteiger partial charge >= 0.3 is 5.97 Å². The van der Waals surface area contributed by atoms with Gasteiger partial charge in [0, 0.05) is 4.91 Å². The van der Waals surface area contributed by atoms with Crippen molar-refractivity contribution in [3.63, 3.8) is 0 Å². The highest BCUT2D eigenvalue weighted by Crippen LogP contribution is 2.35. The third kappa shape index (κ3) is 5.65. The van der Waals surface area contributed by atoms with E-state index in [9.17, 15) is 4.79 Å². The molecule has 1 saturated heterocycles. The van der Waals surface area contributed by atoms with Crippen molar-refractivity contribution in [2.45, 2.75) is 59.1 Å². The summed E-state index contributed by atoms with van der Waals surface area (Å²) in [5, 5.41) is 4.02. The summed E-state index contributed by atoms with van der Waals surface area (Å²) in [4.78, 5) is 15.2. The van der Waals surface area contributed by atoms with Gasteiger partial charge in [-0.05, 0) is 76.2 Å². The second-order valence-electron chi connectivity index (χ2n) is 8.25. The van der Waals surface area contributed by atoms with Crippen LogP contribution in [0.1, 0.15) is 46.1 Å². The summed E-state index contributed by atoms with van der Waals surface area (Å²) in [6.07, 6.45) is 1.83. The molecule has 0 aromatic heterocycles. The van der Waals surface area contributed by atoms with Crippen LogP contribution in [0.3, 0.4) is 0 Å². The normalized spacial score (nSPS) is 21.4. The molecular formula is C21H30BrN3O3. The monoisotopic (exact) mass is 451 g/mol. The lowest BCUT2D eigenvalue weighted by Crippen LogP contribution is -2.29. The zero-order chi connectivity index (χ0) is 20.8. The summed E-state index contributed by atoms with van der Waals surface area (Å²) in [5.41, 5.74) is 10.3. The zero-order valence-corrected chi connectivity index (χ0v) is 18.8. The summed E-state index contributed by atoms with van der Waals surface area (Å²) >= 11 is 3.54. The number of azide groups is 1. The van der Waals surface area contributed by atoms with Gasteiger partial charge in [0.25, 0.3) is 0 Å². The lowest BCUT2D eigenvalue weighted by Gasteiger charge is -2.27. The van der Waals surface area contributed by atoms with E-state index in [-0.39, 0.29) is 30.0 Å². The lowest BCUT2D eigenvalue weighted by molar-refractivity contribution is -0.145. The van der Waals surface area contributed by atoms with E-state index in [0.29, 0.717) is 24.7 Å². The molecule has 154 valence electrons. The van der Waals surface area contributed by atoms with Gasteiger partial charge in [0.1, 0.15) is 11.9 Å². The van der Waals surface area contributed by atoms with Crippen molar-refractivity contribution in [3.05, 3.63) is 38.7 Å². The molecule has 2 rings (SSSR count). The molecule has 0 saturated carbocycles. The maximum Gasteiger partial charge on any atom is 0.309 e. The largest absolute Gasteiger partial charge is 0.496 e. The van der Waals surface area contributed by atoms with Crippen LogP contribution in [-0.2, 0) is 16.0 Å². The Kier molecular flexibility index (Phi) is 8.20. The number of carbonyl (C=O) groups excluding carboxylic acids is 1. The van der Waals surface area contributed by atoms with E-state index in [1.54, 1.807) is 7.11 Å². The van der Waals surface area contributed by atoms with E-state index in [0.717, 1.165) is 16.6 Å². The van der Waals surface area contributed by atoms with E-state index < -0.39 is 0 Å². The first-order valence-electron chi connectivity index (χ1n) is 9.83. The van der Waals surface area contributed by atoms with E-state index >= 15 is 0 Å². The van der Waals surface area contributed by atoms with Gasteiger partial charge in [-0.3, -0.25) is 4.79 Å². The predicted octanol–water partition coefficient (Wildman–Crippen LogP) is 5.93. The number of carbonyl (C=O) groups is 1. The molecule has 0 unspecified atom stereocenters. The molecule has 0 aliphatic carbocycles. The molecule has 0 amide bonds. The second kappa shape index (κ2) is 10.2. The maximum atomic E-state index is 12.2. The fourth-order valence-corrected chi connectivity index (χ4v) is 4.38. The summed E-state index contributed by atoms with van der Waals surface area (Å²) in [6.45, 7) is 8.40. The summed E-state index contributed by atoms with van der Waals surface area (Å²) in [6, 6.07) is 5.74. The fraction of sp³-hybridized carbons (Fsp3) is 0.667. The smallest absolute Gasteiger partial charge is 0.309 e. The van der Waals surface area contributed by atoms with Crippen LogP contribution in [0, 0.1) is 23.7 Å². The highest BCUT2D eigenvalue weighted by Gasteiger charge is 2.40. The Morgan fingerprint density at radius 3 is 2.57 bits per heavy atom. The molecule has 0 N–H and O–H groups in total. The van der Waals surface area contributed by atoms with Gasteiger partial charge in [-0.25, -0.2) is 0 Å². The molecule has 0 spiro atoms. The summed E-state index contributed by atoms with van der Waals surface area (Å²) in [5.74, 6) is 1.44. The minimum absolute atomic E-state index is 0.114. The first-order chi connectivity index (χ1) is 13.3. The molecule has 1 aromatic carbocycles. The first kappa shape index (κ1) is 22.6. The van der Waals surface area contributed by atoms with Gasteiger partial charge in [0.2, 0.25) is 0 Å². The van der Waals surface area contributed by atoms with Crippen molar-refractivity contribution in [3.8, 4) is 5.75 Å². The average molecular weight is 452 g/mol. The minimum atomic E-state index is -0.341. The molecule has 0 radical (unpaired) electrons. The molecule has 1 aliphatic heterocycles. The molecule has 1 aromatic rings. The van der Waals surface area contributed by atoms with Crippen molar-refractivity contribution in [1.29, 1.82) is 0 Å². The number of hydrogen-bond donors (Lipinski definition) is 0. The highest BCUT2D eigenvalue weighted by atomic mass is 79.9. The number of methoxy groups -OCH3 is 1. The molecule has 0 bridgehead atoms. The molecule has 6 nitrogen and oxygen atoms in total. The predicted molar refractivity (Wildman–Crippen MR) is 113 cm³/mol. The molecule has 1 aliphatic rings. The molecule has 1 heterocycles. The Bertz CT molecular complexity index is 732. The van der Waals surface area contributed by atoms with Crippen LogP contribution in [0.15, 0.2) is 27.8 Å². The van der Waals surface area contributed by atoms with Crippen LogP contribution in [0.25, 0.3) is 10.4 Å². The fourth-order valence-electron chi connectivity index (χ4n) is 3.79. The van der Waals surface area contributed by atoms with Crippen LogP contribution in [0.4, 0.5) is 0 Å². The Morgan fingerprint density at radius 1 is 1.36 bits per heavy atom. The number of esters is 1. The van der Waals surface area contributed by atoms with Crippen molar-refractivity contribution in [2.24, 2.45) is 28.8 Å². The first-order valence-corrected chi connectivity index (χ1v) is 10.6. The van der Waals surface area contributed by atoms with E-state index in [2.05, 4.69) is 51.9 Å². The van der Waals surface area contributed by atoms with Crippen molar-refractivity contribution in [2.75, 3.05) is 7.11 Å². The Morgan fingerprint density at radius 2 is 2.07 bits per heavy atom. The third-order valence-electron chi connectivity index (χ3n) is 5.69. The standard InChI is InChI=1S/C21H30BrN3O3/c1-12(2)15(8-14-6-7-19(27-5)17(22)9-14)10-18(24-25-23)20-11-16(13(3)4)21(26)28-20/h6-7,9,12-13,15-16,18,20H,8,10-11H2,1-5H3/t15-,16-,18-,20-/m0/s1. The number of benzene rings is 1. The van der Waals surface area contributed by atoms with Crippen LogP contribution in [0.5, 0.6) is 5.75 Å². The molecule has 4 atom stereocenters. The Hall–Kier alpha value is -1.72. The molecule has 7 heteroatoms. The van der Waals surface area contributed by atoms with Gasteiger partial charge in [0.05, 0.1) is 23.5 Å². The number of hydrogen-bond acceptors (Lipinski definition) is 4. The van der Waals surface area contributed by atoms with Gasteiger partial charge < -0.3 is 9.47 Å². The van der Waals surface area contributed by atoms with Crippen LogP contribution in [-0.4, -0.2) is 25.2 Å². The average Bonchev–Trinajstić information content (AvgIpc) is 3.02. The van der Waals surface area contributed by atoms with Gasteiger partial charge in [-0.15, -0.1) is 0 Å². The number of nitrogens with zero attached hydrogens (tertiary/aromatic N) is 3. The third-order valence-corrected chi connectivity index (χ3v) is 6.31. The maximum absolute atomic E-state index is 12.2. The van der Waals surface area contributed by atoms with Crippen molar-refractivity contribution in [1.82, 2.24) is 0 Å². The van der Waals surface area contributed by atoms with Crippen LogP contribution < -0.4 is 4.74 Å². The van der Waals surface area contributed by atoms with E-state index in [4.69, 9.17) is 15.0 Å². The quantitative estimate of drug-likeness (QED) is 0.201. The van der Waals surface area contributed by atoms with Crippen LogP contribution in [0.2, 0.25) is 0 Å². The molecule has 1 fully saturated rings. The van der Waals surface area contributed by atoms with Crippen LogP contribution >= 0.6 is 15.9 Å². The zero-order valence-electron chi connectivity index (χ0n) is 17.3. The van der Waals surface area contributed by atoms with Crippen molar-refractivity contribution >= 4 is 21.9 Å². The highest BCUT2D eigenvalue weighted by molar-refractivity contribution is 9.10. The SMILES string of the molecule is COc1ccc(C[C@@H](C[C@H](N=[N+]=[N-])[C@@H]2C[C@@H](C(C)C)C(=O)O2)C(C)C)cc1Br. The summed E-state index contributed by atoms with van der Waals surface area (Å²) < 4.78 is 11.8. The topological polar surface area (TPSA) is 84.3 Å². The molecule has 28 heavy (non-hydrogen) atoms. The molecular weight excluding hydrogens is 422 g/mol. The number of rotatable bonds is 9. The summed E-state index contributed by atoms with van der Waals surface area (Å²) in [7, 11) is 1.65. The van der Waals surface area contributed by atoms with E-state index in [1.807, 2.05) is 19.9 Å². The number of halogens is 1.